The van der Waals surface area contributed by atoms with E-state index in [1.807, 2.05) is 6.92 Å². The van der Waals surface area contributed by atoms with Crippen molar-refractivity contribution < 1.29 is 9.90 Å². The van der Waals surface area contributed by atoms with Crippen LogP contribution in [-0.4, -0.2) is 11.1 Å². The van der Waals surface area contributed by atoms with Crippen molar-refractivity contribution in [1.29, 1.82) is 0 Å². The molecule has 0 aromatic rings. The lowest BCUT2D eigenvalue weighted by Crippen LogP contribution is -2.28. The van der Waals surface area contributed by atoms with E-state index in [4.69, 9.17) is 5.11 Å². The lowest BCUT2D eigenvalue weighted by atomic mass is 9.76. The quantitative estimate of drug-likeness (QED) is 0.591. The second-order valence-electron chi connectivity index (χ2n) is 5.57. The molecule has 0 aromatic carbocycles. The van der Waals surface area contributed by atoms with E-state index < -0.39 is 5.97 Å². The van der Waals surface area contributed by atoms with Gasteiger partial charge in [0.1, 0.15) is 0 Å². The molecule has 0 spiro atoms. The number of hydrogen-bond acceptors (Lipinski definition) is 1. The maximum absolute atomic E-state index is 10.9. The van der Waals surface area contributed by atoms with E-state index in [9.17, 15) is 4.79 Å². The summed E-state index contributed by atoms with van der Waals surface area (Å²) in [7, 11) is 0. The summed E-state index contributed by atoms with van der Waals surface area (Å²) < 4.78 is 0. The third-order valence-corrected chi connectivity index (χ3v) is 3.72. The molecule has 2 nitrogen and oxygen atoms in total. The fourth-order valence-electron chi connectivity index (χ4n) is 1.91. The van der Waals surface area contributed by atoms with Gasteiger partial charge in [0.15, 0.2) is 0 Å². The number of hydrogen-bond donors (Lipinski definition) is 1. The fourth-order valence-corrected chi connectivity index (χ4v) is 1.91. The predicted molar refractivity (Wildman–Crippen MR) is 68.6 cm³/mol. The van der Waals surface area contributed by atoms with E-state index in [2.05, 4.69) is 20.8 Å². The van der Waals surface area contributed by atoms with Crippen LogP contribution in [-0.2, 0) is 4.79 Å². The van der Waals surface area contributed by atoms with Crippen LogP contribution in [0.1, 0.15) is 72.6 Å². The highest BCUT2D eigenvalue weighted by Crippen LogP contribution is 2.32. The number of unbranched alkanes of at least 4 members (excludes halogenated alkanes) is 5. The third kappa shape index (κ3) is 6.14. The van der Waals surface area contributed by atoms with Crippen LogP contribution in [0.4, 0.5) is 0 Å². The lowest BCUT2D eigenvalue weighted by molar-refractivity contribution is -0.145. The van der Waals surface area contributed by atoms with Gasteiger partial charge >= 0.3 is 5.97 Å². The minimum Gasteiger partial charge on any atom is -0.481 e. The van der Waals surface area contributed by atoms with Crippen LogP contribution in [0.3, 0.4) is 0 Å². The lowest BCUT2D eigenvalue weighted by Gasteiger charge is -2.28. The van der Waals surface area contributed by atoms with E-state index in [1.165, 1.54) is 32.1 Å². The summed E-state index contributed by atoms with van der Waals surface area (Å²) >= 11 is 0. The minimum atomic E-state index is -0.670. The van der Waals surface area contributed by atoms with E-state index in [-0.39, 0.29) is 11.3 Å². The Hall–Kier alpha value is -0.530. The molecule has 0 aromatic heterocycles. The van der Waals surface area contributed by atoms with Gasteiger partial charge in [-0.05, 0) is 11.8 Å². The summed E-state index contributed by atoms with van der Waals surface area (Å²) in [6.45, 7) is 8.17. The molecule has 0 aliphatic heterocycles. The maximum atomic E-state index is 10.9. The van der Waals surface area contributed by atoms with Gasteiger partial charge in [-0.3, -0.25) is 4.79 Å². The molecular formula is C14H28O2. The van der Waals surface area contributed by atoms with Gasteiger partial charge in [0.2, 0.25) is 0 Å². The van der Waals surface area contributed by atoms with E-state index in [1.54, 1.807) is 0 Å². The van der Waals surface area contributed by atoms with E-state index in [0.717, 1.165) is 12.8 Å². The Morgan fingerprint density at radius 1 is 1.12 bits per heavy atom. The van der Waals surface area contributed by atoms with Crippen molar-refractivity contribution >= 4 is 5.97 Å². The number of carboxylic acid groups (broad SMARTS) is 1. The molecule has 96 valence electrons. The van der Waals surface area contributed by atoms with Crippen molar-refractivity contribution in [3.8, 4) is 0 Å². The molecule has 0 bridgehead atoms. The molecule has 1 N–H and O–H groups in total. The highest BCUT2D eigenvalue weighted by molar-refractivity contribution is 5.70. The Labute approximate surface area is 100 Å². The van der Waals surface area contributed by atoms with Gasteiger partial charge in [-0.1, -0.05) is 66.2 Å². The predicted octanol–water partition coefficient (Wildman–Crippen LogP) is 4.48. The molecule has 0 saturated carbocycles. The van der Waals surface area contributed by atoms with Gasteiger partial charge in [-0.15, -0.1) is 0 Å². The molecule has 16 heavy (non-hydrogen) atoms. The van der Waals surface area contributed by atoms with Crippen molar-refractivity contribution in [2.24, 2.45) is 11.3 Å². The maximum Gasteiger partial charge on any atom is 0.306 e. The van der Waals surface area contributed by atoms with E-state index in [0.29, 0.717) is 0 Å². The number of carbonyl (C=O) groups is 1. The fraction of sp³-hybridized carbons (Fsp3) is 0.929. The standard InChI is InChI=1S/C14H28O2/c1-5-6-7-8-9-10-11-14(3,4)12(2)13(15)16/h12H,5-11H2,1-4H3,(H,15,16). The van der Waals surface area contributed by atoms with Gasteiger partial charge in [-0.25, -0.2) is 0 Å². The highest BCUT2D eigenvalue weighted by atomic mass is 16.4. The van der Waals surface area contributed by atoms with E-state index >= 15 is 0 Å². The summed E-state index contributed by atoms with van der Waals surface area (Å²) in [4.78, 5) is 10.9. The van der Waals surface area contributed by atoms with Crippen molar-refractivity contribution in [3.63, 3.8) is 0 Å². The molecule has 0 saturated heterocycles. The van der Waals surface area contributed by atoms with Crippen LogP contribution in [0, 0.1) is 11.3 Å². The summed E-state index contributed by atoms with van der Waals surface area (Å²) in [5, 5.41) is 8.99. The molecule has 1 atom stereocenters. The Morgan fingerprint density at radius 3 is 2.12 bits per heavy atom. The first-order chi connectivity index (χ1) is 7.41. The van der Waals surface area contributed by atoms with Crippen LogP contribution in [0.15, 0.2) is 0 Å². The van der Waals surface area contributed by atoms with Crippen molar-refractivity contribution in [2.45, 2.75) is 72.6 Å². The summed E-state index contributed by atoms with van der Waals surface area (Å²) in [5.41, 5.74) is -0.0728. The number of carboxylic acids is 1. The molecular weight excluding hydrogens is 200 g/mol. The molecule has 0 rings (SSSR count). The first-order valence-corrected chi connectivity index (χ1v) is 6.64. The van der Waals surface area contributed by atoms with Crippen LogP contribution in [0.5, 0.6) is 0 Å². The molecule has 0 amide bonds. The van der Waals surface area contributed by atoms with Crippen molar-refractivity contribution in [2.75, 3.05) is 0 Å². The van der Waals surface area contributed by atoms with Crippen LogP contribution in [0.25, 0.3) is 0 Å². The zero-order valence-corrected chi connectivity index (χ0v) is 11.4. The summed E-state index contributed by atoms with van der Waals surface area (Å²) in [5.74, 6) is -0.917. The SMILES string of the molecule is CCCCCCCCC(C)(C)C(C)C(=O)O. The zero-order valence-electron chi connectivity index (χ0n) is 11.4. The monoisotopic (exact) mass is 228 g/mol. The average molecular weight is 228 g/mol. The average Bonchev–Trinajstić information content (AvgIpc) is 2.22. The zero-order chi connectivity index (χ0) is 12.6. The summed E-state index contributed by atoms with van der Waals surface area (Å²) in [6, 6.07) is 0. The molecule has 0 radical (unpaired) electrons. The Bertz CT molecular complexity index is 197. The number of aliphatic carboxylic acids is 1. The van der Waals surface area contributed by atoms with Gasteiger partial charge < -0.3 is 5.11 Å². The van der Waals surface area contributed by atoms with Crippen LogP contribution < -0.4 is 0 Å². The molecule has 2 heteroatoms. The van der Waals surface area contributed by atoms with Gasteiger partial charge in [0.05, 0.1) is 5.92 Å². The van der Waals surface area contributed by atoms with Gasteiger partial charge in [0, 0.05) is 0 Å². The van der Waals surface area contributed by atoms with Crippen LogP contribution in [0.2, 0.25) is 0 Å². The second-order valence-corrected chi connectivity index (χ2v) is 5.57. The smallest absolute Gasteiger partial charge is 0.306 e. The Balaban J connectivity index is 3.70. The topological polar surface area (TPSA) is 37.3 Å². The Kier molecular flexibility index (Phi) is 7.44. The van der Waals surface area contributed by atoms with Crippen LogP contribution >= 0.6 is 0 Å². The largest absolute Gasteiger partial charge is 0.481 e. The first-order valence-electron chi connectivity index (χ1n) is 6.64. The number of rotatable bonds is 9. The second kappa shape index (κ2) is 7.70. The minimum absolute atomic E-state index is 0.0728. The molecule has 1 unspecified atom stereocenters. The molecule has 0 aliphatic carbocycles. The van der Waals surface area contributed by atoms with Crippen molar-refractivity contribution in [3.05, 3.63) is 0 Å². The normalized spacial score (nSPS) is 13.8. The third-order valence-electron chi connectivity index (χ3n) is 3.72. The van der Waals surface area contributed by atoms with Gasteiger partial charge in [-0.2, -0.15) is 0 Å². The first kappa shape index (κ1) is 15.5. The Morgan fingerprint density at radius 2 is 1.62 bits per heavy atom. The highest BCUT2D eigenvalue weighted by Gasteiger charge is 2.30. The van der Waals surface area contributed by atoms with Gasteiger partial charge in [0.25, 0.3) is 0 Å². The molecule has 0 fully saturated rings. The summed E-state index contributed by atoms with van der Waals surface area (Å²) in [6.07, 6.45) is 8.66. The van der Waals surface area contributed by atoms with Crippen molar-refractivity contribution in [1.82, 2.24) is 0 Å². The molecule has 0 heterocycles. The molecule has 0 aliphatic rings.